The van der Waals surface area contributed by atoms with Crippen LogP contribution < -0.4 is 0 Å². The number of carbonyl (C=O) groups is 2. The van der Waals surface area contributed by atoms with Gasteiger partial charge in [-0.3, -0.25) is 9.59 Å². The molecule has 1 atom stereocenters. The number of amides is 1. The van der Waals surface area contributed by atoms with Crippen LogP contribution in [0.1, 0.15) is 50.5 Å². The van der Waals surface area contributed by atoms with E-state index in [2.05, 4.69) is 20.8 Å². The molecule has 0 radical (unpaired) electrons. The number of benzene rings is 1. The first-order valence-corrected chi connectivity index (χ1v) is 7.76. The fraction of sp³-hybridized carbons (Fsp3) is 0.474. The minimum absolute atomic E-state index is 0.0266. The third-order valence-electron chi connectivity index (χ3n) is 5.30. The van der Waals surface area contributed by atoms with E-state index < -0.39 is 10.8 Å². The molecule has 3 nitrogen and oxygen atoms in total. The summed E-state index contributed by atoms with van der Waals surface area (Å²) >= 11 is 0. The summed E-state index contributed by atoms with van der Waals surface area (Å²) in [6.07, 6.45) is 3.60. The van der Waals surface area contributed by atoms with Crippen molar-refractivity contribution in [2.24, 2.45) is 5.41 Å². The van der Waals surface area contributed by atoms with Gasteiger partial charge in [-0.15, -0.1) is 0 Å². The second kappa shape index (κ2) is 4.31. The normalized spacial score (nSPS) is 26.7. The molecular formula is C19H23NO2. The van der Waals surface area contributed by atoms with Crippen LogP contribution in [0.25, 0.3) is 0 Å². The zero-order valence-electron chi connectivity index (χ0n) is 13.9. The van der Waals surface area contributed by atoms with Crippen molar-refractivity contribution < 1.29 is 9.59 Å². The van der Waals surface area contributed by atoms with Crippen LogP contribution in [0.3, 0.4) is 0 Å². The Labute approximate surface area is 132 Å². The lowest BCUT2D eigenvalue weighted by Gasteiger charge is -2.39. The highest BCUT2D eigenvalue weighted by atomic mass is 16.2. The summed E-state index contributed by atoms with van der Waals surface area (Å²) < 4.78 is 0. The van der Waals surface area contributed by atoms with Crippen LogP contribution in [-0.4, -0.2) is 28.7 Å². The van der Waals surface area contributed by atoms with Crippen molar-refractivity contribution in [2.75, 3.05) is 6.54 Å². The van der Waals surface area contributed by atoms with Crippen molar-refractivity contribution in [3.8, 4) is 0 Å². The van der Waals surface area contributed by atoms with E-state index in [0.29, 0.717) is 6.54 Å². The zero-order valence-corrected chi connectivity index (χ0v) is 13.9. The van der Waals surface area contributed by atoms with Gasteiger partial charge in [0.15, 0.2) is 5.78 Å². The lowest BCUT2D eigenvalue weighted by atomic mass is 9.60. The molecular weight excluding hydrogens is 274 g/mol. The van der Waals surface area contributed by atoms with Gasteiger partial charge in [-0.2, -0.15) is 0 Å². The number of allylic oxidation sites excluding steroid dienone is 1. The van der Waals surface area contributed by atoms with Crippen molar-refractivity contribution in [1.82, 2.24) is 4.90 Å². The SMILES string of the molecule is CC(C)(C)N1CC2(C=CC(=O)c3ccccc32)C(C)(C)C1=O. The summed E-state index contributed by atoms with van der Waals surface area (Å²) in [6, 6.07) is 7.70. The maximum atomic E-state index is 13.0. The molecule has 1 aromatic rings. The van der Waals surface area contributed by atoms with Gasteiger partial charge in [0, 0.05) is 23.1 Å². The van der Waals surface area contributed by atoms with E-state index in [4.69, 9.17) is 0 Å². The largest absolute Gasteiger partial charge is 0.336 e. The molecule has 116 valence electrons. The van der Waals surface area contributed by atoms with Crippen molar-refractivity contribution >= 4 is 11.7 Å². The number of hydrogen-bond donors (Lipinski definition) is 0. The van der Waals surface area contributed by atoms with Gasteiger partial charge >= 0.3 is 0 Å². The lowest BCUT2D eigenvalue weighted by Crippen LogP contribution is -2.44. The third kappa shape index (κ3) is 1.74. The average Bonchev–Trinajstić information content (AvgIpc) is 2.64. The monoisotopic (exact) mass is 297 g/mol. The summed E-state index contributed by atoms with van der Waals surface area (Å²) in [5.41, 5.74) is 0.451. The van der Waals surface area contributed by atoms with Crippen LogP contribution in [0, 0.1) is 5.41 Å². The molecule has 0 N–H and O–H groups in total. The van der Waals surface area contributed by atoms with E-state index >= 15 is 0 Å². The molecule has 0 saturated carbocycles. The molecule has 22 heavy (non-hydrogen) atoms. The summed E-state index contributed by atoms with van der Waals surface area (Å²) in [7, 11) is 0. The molecule has 1 aliphatic carbocycles. The minimum Gasteiger partial charge on any atom is -0.336 e. The van der Waals surface area contributed by atoms with Crippen LogP contribution in [0.5, 0.6) is 0 Å². The highest BCUT2D eigenvalue weighted by Crippen LogP contribution is 2.53. The highest BCUT2D eigenvalue weighted by molar-refractivity contribution is 6.08. The number of fused-ring (bicyclic) bond motifs is 2. The van der Waals surface area contributed by atoms with Gasteiger partial charge in [-0.1, -0.05) is 30.3 Å². The Morgan fingerprint density at radius 3 is 2.32 bits per heavy atom. The Kier molecular flexibility index (Phi) is 2.94. The average molecular weight is 297 g/mol. The van der Waals surface area contributed by atoms with Gasteiger partial charge < -0.3 is 4.90 Å². The second-order valence-electron chi connectivity index (χ2n) is 7.90. The molecule has 3 heteroatoms. The Morgan fingerprint density at radius 2 is 1.73 bits per heavy atom. The number of rotatable bonds is 0. The maximum absolute atomic E-state index is 13.0. The Bertz CT molecular complexity index is 694. The summed E-state index contributed by atoms with van der Waals surface area (Å²) in [4.78, 5) is 27.2. The molecule has 1 heterocycles. The van der Waals surface area contributed by atoms with Gasteiger partial charge in [0.1, 0.15) is 0 Å². The quantitative estimate of drug-likeness (QED) is 0.736. The highest BCUT2D eigenvalue weighted by Gasteiger charge is 2.60. The van der Waals surface area contributed by atoms with E-state index in [1.165, 1.54) is 0 Å². The maximum Gasteiger partial charge on any atom is 0.229 e. The molecule has 0 aromatic heterocycles. The number of carbonyl (C=O) groups excluding carboxylic acids is 2. The van der Waals surface area contributed by atoms with Crippen LogP contribution in [-0.2, 0) is 10.2 Å². The van der Waals surface area contributed by atoms with E-state index in [1.54, 1.807) is 6.08 Å². The van der Waals surface area contributed by atoms with Crippen molar-refractivity contribution in [3.05, 3.63) is 47.5 Å². The van der Waals surface area contributed by atoms with Gasteiger partial charge in [-0.25, -0.2) is 0 Å². The van der Waals surface area contributed by atoms with Crippen molar-refractivity contribution in [3.63, 3.8) is 0 Å². The first-order valence-electron chi connectivity index (χ1n) is 7.76. The Hall–Kier alpha value is -1.90. The van der Waals surface area contributed by atoms with E-state index in [9.17, 15) is 9.59 Å². The first kappa shape index (κ1) is 15.0. The standard InChI is InChI=1S/C19H23NO2/c1-17(2,3)20-12-19(18(4,5)16(20)22)11-10-15(21)13-8-6-7-9-14(13)19/h6-11H,12H2,1-5H3. The molecule has 1 aromatic carbocycles. The van der Waals surface area contributed by atoms with E-state index in [1.807, 2.05) is 49.1 Å². The zero-order chi connectivity index (χ0) is 16.3. The number of ketones is 1. The first-order chi connectivity index (χ1) is 10.1. The molecule has 1 spiro atoms. The van der Waals surface area contributed by atoms with Gasteiger partial charge in [0.05, 0.1) is 5.41 Å². The van der Waals surface area contributed by atoms with Crippen LogP contribution in [0.2, 0.25) is 0 Å². The van der Waals surface area contributed by atoms with Crippen LogP contribution in [0.15, 0.2) is 36.4 Å². The Morgan fingerprint density at radius 1 is 1.09 bits per heavy atom. The molecule has 2 aliphatic rings. The molecule has 3 rings (SSSR count). The molecule has 1 fully saturated rings. The van der Waals surface area contributed by atoms with Crippen molar-refractivity contribution in [2.45, 2.75) is 45.6 Å². The third-order valence-corrected chi connectivity index (χ3v) is 5.30. The molecule has 1 unspecified atom stereocenters. The van der Waals surface area contributed by atoms with Gasteiger partial charge in [0.2, 0.25) is 5.91 Å². The van der Waals surface area contributed by atoms with Crippen LogP contribution >= 0.6 is 0 Å². The summed E-state index contributed by atoms with van der Waals surface area (Å²) in [5.74, 6) is 0.174. The molecule has 1 amide bonds. The minimum atomic E-state index is -0.576. The van der Waals surface area contributed by atoms with E-state index in [0.717, 1.165) is 11.1 Å². The molecule has 1 aliphatic heterocycles. The molecule has 0 bridgehead atoms. The fourth-order valence-electron chi connectivity index (χ4n) is 3.76. The van der Waals surface area contributed by atoms with Crippen LogP contribution in [0.4, 0.5) is 0 Å². The Balaban J connectivity index is 2.24. The summed E-state index contributed by atoms with van der Waals surface area (Å²) in [6.45, 7) is 10.8. The predicted molar refractivity (Wildman–Crippen MR) is 86.8 cm³/mol. The number of hydrogen-bond acceptors (Lipinski definition) is 2. The van der Waals surface area contributed by atoms with Gasteiger partial charge in [-0.05, 0) is 46.3 Å². The number of likely N-dealkylation sites (tertiary alicyclic amines) is 1. The lowest BCUT2D eigenvalue weighted by molar-refractivity contribution is -0.138. The van der Waals surface area contributed by atoms with E-state index in [-0.39, 0.29) is 17.2 Å². The molecule has 1 saturated heterocycles. The number of nitrogens with zero attached hydrogens (tertiary/aromatic N) is 1. The van der Waals surface area contributed by atoms with Gasteiger partial charge in [0.25, 0.3) is 0 Å². The predicted octanol–water partition coefficient (Wildman–Crippen LogP) is 3.34. The smallest absolute Gasteiger partial charge is 0.229 e. The summed E-state index contributed by atoms with van der Waals surface area (Å²) in [5, 5.41) is 0. The topological polar surface area (TPSA) is 37.4 Å². The van der Waals surface area contributed by atoms with Crippen molar-refractivity contribution in [1.29, 1.82) is 0 Å². The second-order valence-corrected chi connectivity index (χ2v) is 7.90. The fourth-order valence-corrected chi connectivity index (χ4v) is 3.76.